The molecule has 0 spiro atoms. The van der Waals surface area contributed by atoms with Crippen molar-refractivity contribution in [1.29, 1.82) is 0 Å². The van der Waals surface area contributed by atoms with Gasteiger partial charge in [0.25, 0.3) is 0 Å². The van der Waals surface area contributed by atoms with Crippen molar-refractivity contribution in [1.82, 2.24) is 5.32 Å². The van der Waals surface area contributed by atoms with Crippen LogP contribution in [0.3, 0.4) is 0 Å². The van der Waals surface area contributed by atoms with Crippen LogP contribution in [-0.2, 0) is 4.79 Å². The van der Waals surface area contributed by atoms with Crippen molar-refractivity contribution >= 4 is 12.0 Å². The number of alkyl halides is 4. The van der Waals surface area contributed by atoms with Crippen LogP contribution in [0.5, 0.6) is 11.5 Å². The Kier molecular flexibility index (Phi) is 6.51. The molecule has 0 atom stereocenters. The van der Waals surface area contributed by atoms with Crippen LogP contribution < -0.4 is 14.8 Å². The number of halogens is 4. The van der Waals surface area contributed by atoms with Gasteiger partial charge in [-0.1, -0.05) is 18.2 Å². The maximum Gasteiger partial charge on any atom is 0.387 e. The Morgan fingerprint density at radius 2 is 1.81 bits per heavy atom. The topological polar surface area (TPSA) is 47.6 Å². The molecule has 21 heavy (non-hydrogen) atoms. The average molecular weight is 307 g/mol. The minimum atomic E-state index is -3.16. The maximum atomic E-state index is 12.2. The van der Waals surface area contributed by atoms with E-state index in [1.807, 2.05) is 0 Å². The molecule has 8 heteroatoms. The lowest BCUT2D eigenvalue weighted by Crippen LogP contribution is -2.19. The lowest BCUT2D eigenvalue weighted by atomic mass is 10.2. The van der Waals surface area contributed by atoms with Crippen molar-refractivity contribution in [3.8, 4) is 11.5 Å². The molecule has 0 aliphatic heterocycles. The number of nitrogens with one attached hydrogen (secondary N) is 1. The van der Waals surface area contributed by atoms with Crippen LogP contribution in [0, 0.1) is 0 Å². The lowest BCUT2D eigenvalue weighted by Gasteiger charge is -2.12. The van der Waals surface area contributed by atoms with Gasteiger partial charge in [-0.25, -0.2) is 0 Å². The van der Waals surface area contributed by atoms with Gasteiger partial charge in [-0.2, -0.15) is 17.6 Å². The molecule has 0 fully saturated rings. The van der Waals surface area contributed by atoms with E-state index in [1.165, 1.54) is 19.1 Å². The first-order valence-electron chi connectivity index (χ1n) is 5.83. The molecule has 1 aromatic rings. The van der Waals surface area contributed by atoms with Gasteiger partial charge in [-0.15, -0.1) is 0 Å². The van der Waals surface area contributed by atoms with E-state index in [0.717, 1.165) is 12.1 Å². The van der Waals surface area contributed by atoms with Gasteiger partial charge < -0.3 is 14.8 Å². The molecule has 4 nitrogen and oxygen atoms in total. The Morgan fingerprint density at radius 1 is 1.19 bits per heavy atom. The Labute approximate surface area is 118 Å². The van der Waals surface area contributed by atoms with Crippen LogP contribution in [0.2, 0.25) is 0 Å². The Morgan fingerprint density at radius 3 is 2.38 bits per heavy atom. The first-order valence-corrected chi connectivity index (χ1v) is 5.83. The quantitative estimate of drug-likeness (QED) is 0.788. The van der Waals surface area contributed by atoms with Crippen molar-refractivity contribution in [2.75, 3.05) is 6.54 Å². The van der Waals surface area contributed by atoms with Gasteiger partial charge in [0.15, 0.2) is 11.5 Å². The Bertz CT molecular complexity index is 506. The van der Waals surface area contributed by atoms with E-state index in [9.17, 15) is 22.4 Å². The van der Waals surface area contributed by atoms with Crippen molar-refractivity contribution in [2.24, 2.45) is 0 Å². The van der Waals surface area contributed by atoms with Crippen LogP contribution in [-0.4, -0.2) is 25.7 Å². The summed E-state index contributed by atoms with van der Waals surface area (Å²) in [5.74, 6) is -1.20. The molecule has 1 amide bonds. The van der Waals surface area contributed by atoms with Gasteiger partial charge in [-0.05, 0) is 17.7 Å². The summed E-state index contributed by atoms with van der Waals surface area (Å²) >= 11 is 0. The van der Waals surface area contributed by atoms with Gasteiger partial charge in [0.2, 0.25) is 5.91 Å². The third-order valence-corrected chi connectivity index (χ3v) is 2.18. The molecule has 0 saturated carbocycles. The van der Waals surface area contributed by atoms with Gasteiger partial charge in [0, 0.05) is 13.5 Å². The molecule has 1 N–H and O–H groups in total. The van der Waals surface area contributed by atoms with E-state index < -0.39 is 24.7 Å². The van der Waals surface area contributed by atoms with Gasteiger partial charge in [0.05, 0.1) is 0 Å². The number of ether oxygens (including phenoxy) is 2. The van der Waals surface area contributed by atoms with E-state index in [2.05, 4.69) is 14.8 Å². The lowest BCUT2D eigenvalue weighted by molar-refractivity contribution is -0.118. The number of rotatable bonds is 7. The second-order valence-electron chi connectivity index (χ2n) is 3.80. The fourth-order valence-corrected chi connectivity index (χ4v) is 1.41. The molecule has 0 bridgehead atoms. The first-order chi connectivity index (χ1) is 9.88. The first kappa shape index (κ1) is 16.8. The Balaban J connectivity index is 2.84. The number of amides is 1. The third-order valence-electron chi connectivity index (χ3n) is 2.18. The highest BCUT2D eigenvalue weighted by atomic mass is 19.3. The standard InChI is InChI=1S/C13H13F4NO3/c1-8(19)18-6-2-3-9-4-5-10(20-12(14)15)11(7-9)21-13(16)17/h2-5,7,12-13H,6H2,1H3,(H,18,19). The van der Waals surface area contributed by atoms with Crippen molar-refractivity contribution in [3.05, 3.63) is 29.8 Å². The van der Waals surface area contributed by atoms with Crippen LogP contribution in [0.1, 0.15) is 12.5 Å². The van der Waals surface area contributed by atoms with Crippen molar-refractivity contribution in [3.63, 3.8) is 0 Å². The number of hydrogen-bond donors (Lipinski definition) is 1. The predicted octanol–water partition coefficient (Wildman–Crippen LogP) is 3.04. The van der Waals surface area contributed by atoms with Crippen LogP contribution >= 0.6 is 0 Å². The second kappa shape index (κ2) is 8.13. The summed E-state index contributed by atoms with van der Waals surface area (Å²) < 4.78 is 57.0. The van der Waals surface area contributed by atoms with E-state index in [1.54, 1.807) is 6.08 Å². The molecule has 0 unspecified atom stereocenters. The molecule has 0 radical (unpaired) electrons. The smallest absolute Gasteiger partial charge is 0.387 e. The van der Waals surface area contributed by atoms with E-state index in [4.69, 9.17) is 0 Å². The SMILES string of the molecule is CC(=O)NCC=Cc1ccc(OC(F)F)c(OC(F)F)c1. The molecule has 116 valence electrons. The highest BCUT2D eigenvalue weighted by molar-refractivity contribution is 5.73. The molecule has 0 aromatic heterocycles. The fraction of sp³-hybridized carbons (Fsp3) is 0.308. The van der Waals surface area contributed by atoms with Gasteiger partial charge in [-0.3, -0.25) is 4.79 Å². The average Bonchev–Trinajstić information content (AvgIpc) is 2.36. The molecule has 1 rings (SSSR count). The van der Waals surface area contributed by atoms with Gasteiger partial charge in [0.1, 0.15) is 0 Å². The highest BCUT2D eigenvalue weighted by Crippen LogP contribution is 2.31. The zero-order valence-corrected chi connectivity index (χ0v) is 11.0. The summed E-state index contributed by atoms with van der Waals surface area (Å²) in [5, 5.41) is 2.50. The minimum Gasteiger partial charge on any atom is -0.431 e. The minimum absolute atomic E-state index is 0.220. The molecule has 0 aliphatic rings. The summed E-state index contributed by atoms with van der Waals surface area (Å²) in [5.41, 5.74) is 0.428. The summed E-state index contributed by atoms with van der Waals surface area (Å²) in [6.07, 6.45) is 3.08. The fourth-order valence-electron chi connectivity index (χ4n) is 1.41. The molecule has 0 aliphatic carbocycles. The van der Waals surface area contributed by atoms with E-state index in [-0.39, 0.29) is 12.5 Å². The Hall–Kier alpha value is -2.25. The zero-order chi connectivity index (χ0) is 15.8. The summed E-state index contributed by atoms with van der Waals surface area (Å²) in [6, 6.07) is 3.62. The van der Waals surface area contributed by atoms with Crippen molar-refractivity contribution in [2.45, 2.75) is 20.1 Å². The molecular formula is C13H13F4NO3. The van der Waals surface area contributed by atoms with E-state index >= 15 is 0 Å². The monoisotopic (exact) mass is 307 g/mol. The van der Waals surface area contributed by atoms with Gasteiger partial charge >= 0.3 is 13.2 Å². The second-order valence-corrected chi connectivity index (χ2v) is 3.80. The summed E-state index contributed by atoms with van der Waals surface area (Å²) in [7, 11) is 0. The summed E-state index contributed by atoms with van der Waals surface area (Å²) in [6.45, 7) is -4.72. The van der Waals surface area contributed by atoms with Crippen LogP contribution in [0.25, 0.3) is 6.08 Å². The van der Waals surface area contributed by atoms with Crippen molar-refractivity contribution < 1.29 is 31.8 Å². The van der Waals surface area contributed by atoms with Crippen LogP contribution in [0.15, 0.2) is 24.3 Å². The number of carbonyl (C=O) groups is 1. The maximum absolute atomic E-state index is 12.2. The molecular weight excluding hydrogens is 294 g/mol. The highest BCUT2D eigenvalue weighted by Gasteiger charge is 2.14. The van der Waals surface area contributed by atoms with Crippen LogP contribution in [0.4, 0.5) is 17.6 Å². The summed E-state index contributed by atoms with van der Waals surface area (Å²) in [4.78, 5) is 10.6. The molecule has 0 saturated heterocycles. The molecule has 1 aromatic carbocycles. The third kappa shape index (κ3) is 6.64. The zero-order valence-electron chi connectivity index (χ0n) is 11.0. The number of carbonyl (C=O) groups excluding carboxylic acids is 1. The number of hydrogen-bond acceptors (Lipinski definition) is 3. The number of benzene rings is 1. The largest absolute Gasteiger partial charge is 0.431 e. The predicted molar refractivity (Wildman–Crippen MR) is 67.4 cm³/mol. The molecule has 0 heterocycles. The normalized spacial score (nSPS) is 11.2. The van der Waals surface area contributed by atoms with E-state index in [0.29, 0.717) is 5.56 Å².